The minimum absolute atomic E-state index is 0.0105. The first kappa shape index (κ1) is 20.1. The molecule has 7 heteroatoms. The molecule has 0 atom stereocenters. The van der Waals surface area contributed by atoms with Gasteiger partial charge in [-0.3, -0.25) is 15.1 Å². The molecule has 148 valence electrons. The number of hydrogen-bond donors (Lipinski definition) is 2. The number of nitrogens with zero attached hydrogens (tertiary/aromatic N) is 2. The smallest absolute Gasteiger partial charge is 0.258 e. The number of aryl methyl sites for hydroxylation is 1. The number of aliphatic imine (C=N–C) groups is 1. The zero-order valence-electron chi connectivity index (χ0n) is 15.8. The molecule has 0 aliphatic carbocycles. The van der Waals surface area contributed by atoms with Crippen molar-refractivity contribution in [3.05, 3.63) is 95.3 Å². The summed E-state index contributed by atoms with van der Waals surface area (Å²) in [6.07, 6.45) is 4.22. The highest BCUT2D eigenvalue weighted by Crippen LogP contribution is 2.11. The average molecular weight is 394 g/mol. The van der Waals surface area contributed by atoms with E-state index in [1.165, 1.54) is 11.6 Å². The van der Waals surface area contributed by atoms with Gasteiger partial charge >= 0.3 is 0 Å². The topological polar surface area (TPSA) is 66.4 Å². The number of hydrogen-bond acceptors (Lipinski definition) is 3. The van der Waals surface area contributed by atoms with Crippen LogP contribution in [0.25, 0.3) is 0 Å². The zero-order valence-corrected chi connectivity index (χ0v) is 15.8. The van der Waals surface area contributed by atoms with E-state index in [1.807, 2.05) is 36.4 Å². The molecule has 2 N–H and O–H groups in total. The zero-order chi connectivity index (χ0) is 20.6. The number of amides is 1. The van der Waals surface area contributed by atoms with Crippen LogP contribution in [-0.2, 0) is 13.0 Å². The predicted octanol–water partition coefficient (Wildman–Crippen LogP) is 4.32. The Morgan fingerprint density at radius 1 is 0.966 bits per heavy atom. The van der Waals surface area contributed by atoms with Crippen LogP contribution in [0.1, 0.15) is 28.4 Å². The normalized spacial score (nSPS) is 11.2. The molecule has 0 saturated carbocycles. The first-order valence-corrected chi connectivity index (χ1v) is 9.11. The van der Waals surface area contributed by atoms with Gasteiger partial charge in [0.15, 0.2) is 11.6 Å². The highest BCUT2D eigenvalue weighted by Gasteiger charge is 2.12. The number of rotatable bonds is 5. The van der Waals surface area contributed by atoms with Crippen molar-refractivity contribution in [2.75, 3.05) is 5.32 Å². The van der Waals surface area contributed by atoms with Gasteiger partial charge in [-0.15, -0.1) is 0 Å². The molecule has 0 saturated heterocycles. The van der Waals surface area contributed by atoms with Gasteiger partial charge in [0.25, 0.3) is 5.91 Å². The molecular formula is C22H20F2N4O. The number of guanidine groups is 1. The molecule has 0 bridgehead atoms. The lowest BCUT2D eigenvalue weighted by Crippen LogP contribution is -2.36. The molecule has 5 nitrogen and oxygen atoms in total. The molecule has 0 aliphatic rings. The standard InChI is InChI=1S/C22H20F2N4O/c1-2-15-3-6-18(7-4-15)27-22(26-14-16-9-11-25-12-10-16)28-21(29)17-5-8-19(23)20(24)13-17/h3-13H,2,14H2,1H3,(H2,26,27,28,29). The summed E-state index contributed by atoms with van der Waals surface area (Å²) in [5.74, 6) is -2.51. The summed E-state index contributed by atoms with van der Waals surface area (Å²) in [6, 6.07) is 14.3. The van der Waals surface area contributed by atoms with Gasteiger partial charge in [-0.25, -0.2) is 13.8 Å². The monoisotopic (exact) mass is 394 g/mol. The third-order valence-corrected chi connectivity index (χ3v) is 4.21. The number of pyridine rings is 1. The molecule has 2 aromatic carbocycles. The minimum atomic E-state index is -1.09. The van der Waals surface area contributed by atoms with Crippen molar-refractivity contribution in [3.8, 4) is 0 Å². The highest BCUT2D eigenvalue weighted by atomic mass is 19.2. The maximum atomic E-state index is 13.5. The highest BCUT2D eigenvalue weighted by molar-refractivity contribution is 6.09. The van der Waals surface area contributed by atoms with E-state index < -0.39 is 17.5 Å². The van der Waals surface area contributed by atoms with Crippen LogP contribution < -0.4 is 10.6 Å². The summed E-state index contributed by atoms with van der Waals surface area (Å²) < 4.78 is 26.6. The molecule has 29 heavy (non-hydrogen) atoms. The van der Waals surface area contributed by atoms with E-state index in [9.17, 15) is 13.6 Å². The molecule has 0 unspecified atom stereocenters. The number of anilines is 1. The van der Waals surface area contributed by atoms with Gasteiger partial charge in [0, 0.05) is 23.6 Å². The van der Waals surface area contributed by atoms with E-state index in [0.29, 0.717) is 6.54 Å². The predicted molar refractivity (Wildman–Crippen MR) is 109 cm³/mol. The first-order valence-electron chi connectivity index (χ1n) is 9.11. The second-order valence-electron chi connectivity index (χ2n) is 6.28. The van der Waals surface area contributed by atoms with E-state index in [4.69, 9.17) is 0 Å². The van der Waals surface area contributed by atoms with Crippen LogP contribution in [0.2, 0.25) is 0 Å². The number of benzene rings is 2. The van der Waals surface area contributed by atoms with E-state index in [0.717, 1.165) is 29.8 Å². The molecule has 3 rings (SSSR count). The number of halogens is 2. The summed E-state index contributed by atoms with van der Waals surface area (Å²) in [5.41, 5.74) is 2.81. The molecule has 0 radical (unpaired) electrons. The Balaban J connectivity index is 1.80. The van der Waals surface area contributed by atoms with Crippen LogP contribution in [0.15, 0.2) is 72.0 Å². The maximum Gasteiger partial charge on any atom is 0.258 e. The summed E-state index contributed by atoms with van der Waals surface area (Å²) in [4.78, 5) is 20.9. The van der Waals surface area contributed by atoms with E-state index in [2.05, 4.69) is 27.5 Å². The second-order valence-corrected chi connectivity index (χ2v) is 6.28. The van der Waals surface area contributed by atoms with Gasteiger partial charge in [-0.1, -0.05) is 19.1 Å². The molecular weight excluding hydrogens is 374 g/mol. The van der Waals surface area contributed by atoms with Crippen molar-refractivity contribution in [3.63, 3.8) is 0 Å². The third kappa shape index (κ3) is 5.68. The van der Waals surface area contributed by atoms with Crippen molar-refractivity contribution in [2.45, 2.75) is 19.9 Å². The van der Waals surface area contributed by atoms with Crippen LogP contribution in [0, 0.1) is 11.6 Å². The SMILES string of the molecule is CCc1ccc(NC(=NCc2ccncc2)NC(=O)c2ccc(F)c(F)c2)cc1. The van der Waals surface area contributed by atoms with Gasteiger partial charge in [-0.05, 0) is 60.0 Å². The molecule has 1 aromatic heterocycles. The molecule has 1 amide bonds. The summed E-state index contributed by atoms with van der Waals surface area (Å²) in [7, 11) is 0. The lowest BCUT2D eigenvalue weighted by atomic mass is 10.1. The summed E-state index contributed by atoms with van der Waals surface area (Å²) >= 11 is 0. The van der Waals surface area contributed by atoms with Crippen LogP contribution in [0.5, 0.6) is 0 Å². The van der Waals surface area contributed by atoms with Gasteiger partial charge in [0.1, 0.15) is 0 Å². The molecule has 0 fully saturated rings. The second kappa shape index (κ2) is 9.54. The van der Waals surface area contributed by atoms with Crippen LogP contribution >= 0.6 is 0 Å². The van der Waals surface area contributed by atoms with Crippen LogP contribution in [0.3, 0.4) is 0 Å². The lowest BCUT2D eigenvalue weighted by molar-refractivity contribution is 0.0976. The van der Waals surface area contributed by atoms with Crippen molar-refractivity contribution < 1.29 is 13.6 Å². The molecule has 3 aromatic rings. The fourth-order valence-electron chi connectivity index (χ4n) is 2.55. The number of carbonyl (C=O) groups excluding carboxylic acids is 1. The Labute approximate surface area is 167 Å². The number of carbonyl (C=O) groups is 1. The largest absolute Gasteiger partial charge is 0.326 e. The van der Waals surface area contributed by atoms with Gasteiger partial charge < -0.3 is 5.32 Å². The van der Waals surface area contributed by atoms with Gasteiger partial charge in [0.2, 0.25) is 5.96 Å². The van der Waals surface area contributed by atoms with Crippen LogP contribution in [-0.4, -0.2) is 16.9 Å². The van der Waals surface area contributed by atoms with Crippen molar-refractivity contribution in [1.82, 2.24) is 10.3 Å². The quantitative estimate of drug-likeness (QED) is 0.500. The van der Waals surface area contributed by atoms with Crippen molar-refractivity contribution in [2.24, 2.45) is 4.99 Å². The van der Waals surface area contributed by atoms with E-state index in [-0.39, 0.29) is 11.5 Å². The maximum absolute atomic E-state index is 13.5. The third-order valence-electron chi connectivity index (χ3n) is 4.21. The molecule has 0 aliphatic heterocycles. The summed E-state index contributed by atoms with van der Waals surface area (Å²) in [5, 5.41) is 5.68. The Hall–Kier alpha value is -3.61. The van der Waals surface area contributed by atoms with Crippen molar-refractivity contribution >= 4 is 17.6 Å². The number of aromatic nitrogens is 1. The Morgan fingerprint density at radius 2 is 1.69 bits per heavy atom. The molecule has 1 heterocycles. The van der Waals surface area contributed by atoms with E-state index >= 15 is 0 Å². The van der Waals surface area contributed by atoms with Crippen LogP contribution in [0.4, 0.5) is 14.5 Å². The fraction of sp³-hybridized carbons (Fsp3) is 0.136. The lowest BCUT2D eigenvalue weighted by Gasteiger charge is -2.12. The Bertz CT molecular complexity index is 1010. The summed E-state index contributed by atoms with van der Waals surface area (Å²) in [6.45, 7) is 2.36. The minimum Gasteiger partial charge on any atom is -0.326 e. The van der Waals surface area contributed by atoms with E-state index in [1.54, 1.807) is 12.4 Å². The Morgan fingerprint density at radius 3 is 2.34 bits per heavy atom. The Kier molecular flexibility index (Phi) is 6.63. The first-order chi connectivity index (χ1) is 14.0. The van der Waals surface area contributed by atoms with Gasteiger partial charge in [0.05, 0.1) is 6.54 Å². The van der Waals surface area contributed by atoms with Gasteiger partial charge in [-0.2, -0.15) is 0 Å². The number of nitrogens with one attached hydrogen (secondary N) is 2. The fourth-order valence-corrected chi connectivity index (χ4v) is 2.55. The average Bonchev–Trinajstić information content (AvgIpc) is 2.75. The van der Waals surface area contributed by atoms with Crippen molar-refractivity contribution in [1.29, 1.82) is 0 Å². The molecule has 0 spiro atoms.